The number of thiocarbonyl (C=S) groups is 2. The fraction of sp³-hybridized carbons (Fsp3) is 0.526. The number of aromatic nitrogens is 1. The quantitative estimate of drug-likeness (QED) is 0.294. The molecule has 0 unspecified atom stereocenters. The molecule has 1 aliphatic rings. The van der Waals surface area contributed by atoms with Crippen LogP contribution in [0.25, 0.3) is 10.2 Å². The lowest BCUT2D eigenvalue weighted by Crippen LogP contribution is -2.25. The average Bonchev–Trinajstić information content (AvgIpc) is 3.14. The van der Waals surface area contributed by atoms with Crippen LogP contribution >= 0.6 is 69.3 Å². The van der Waals surface area contributed by atoms with Crippen LogP contribution in [0, 0.1) is 0 Å². The summed E-state index contributed by atoms with van der Waals surface area (Å²) in [4.78, 5) is 8.40. The summed E-state index contributed by atoms with van der Waals surface area (Å²) in [6.07, 6.45) is 6.79. The summed E-state index contributed by atoms with van der Waals surface area (Å²) >= 11 is 13.6. The molecule has 3 rings (SSSR count). The maximum atomic E-state index is 5.07. The van der Waals surface area contributed by atoms with Crippen LogP contribution in [0.15, 0.2) is 28.6 Å². The number of fused-ring (bicyclic) bond motifs is 1. The molecular weight excluding hydrogens is 477 g/mol. The zero-order valence-electron chi connectivity index (χ0n) is 17.2. The lowest BCUT2D eigenvalue weighted by molar-refractivity contribution is 0.423. The van der Waals surface area contributed by atoms with E-state index in [-0.39, 0.29) is 0 Å². The number of para-hydroxylation sites is 1. The molecule has 1 aliphatic carbocycles. The van der Waals surface area contributed by atoms with Crippen LogP contribution in [0.5, 0.6) is 0 Å². The molecule has 1 aromatic heterocycles. The molecule has 0 atom stereocenters. The van der Waals surface area contributed by atoms with Gasteiger partial charge in [-0.2, -0.15) is 0 Å². The molecule has 1 fully saturated rings. The molecule has 1 aromatic carbocycles. The van der Waals surface area contributed by atoms with Gasteiger partial charge in [-0.1, -0.05) is 55.8 Å². The molecule has 1 N–H and O–H groups in total. The Morgan fingerprint density at radius 3 is 2.14 bits per heavy atom. The van der Waals surface area contributed by atoms with Crippen molar-refractivity contribution in [2.45, 2.75) is 42.5 Å². The second kappa shape index (κ2) is 13.3. The van der Waals surface area contributed by atoms with Gasteiger partial charge in [-0.05, 0) is 58.5 Å². The van der Waals surface area contributed by atoms with Gasteiger partial charge in [0.05, 0.1) is 10.2 Å². The van der Waals surface area contributed by atoms with E-state index in [2.05, 4.69) is 27.9 Å². The van der Waals surface area contributed by atoms with Crippen molar-refractivity contribution in [3.05, 3.63) is 24.3 Å². The van der Waals surface area contributed by atoms with Gasteiger partial charge < -0.3 is 9.80 Å². The minimum absolute atomic E-state index is 0.681. The molecule has 0 aliphatic heterocycles. The molecule has 2 aromatic rings. The summed E-state index contributed by atoms with van der Waals surface area (Å²) in [5.74, 6) is 0. The van der Waals surface area contributed by atoms with Crippen molar-refractivity contribution in [1.29, 1.82) is 0 Å². The van der Waals surface area contributed by atoms with Gasteiger partial charge in [0.1, 0.15) is 8.64 Å². The van der Waals surface area contributed by atoms with Gasteiger partial charge in [0.2, 0.25) is 0 Å². The van der Waals surface area contributed by atoms with Crippen LogP contribution in [0.3, 0.4) is 0 Å². The SMILES string of the molecule is CN(C)C(=S)SSC(=S)N(C)C.c1ccc2sc(SNC3CCCCC3)nc2c1. The summed E-state index contributed by atoms with van der Waals surface area (Å²) in [5, 5.41) is 0. The fourth-order valence-corrected chi connectivity index (χ4v) is 6.77. The van der Waals surface area contributed by atoms with Crippen molar-refractivity contribution in [3.8, 4) is 0 Å². The summed E-state index contributed by atoms with van der Waals surface area (Å²) in [7, 11) is 10.7. The molecule has 1 saturated carbocycles. The lowest BCUT2D eigenvalue weighted by Gasteiger charge is -2.21. The van der Waals surface area contributed by atoms with E-state index >= 15 is 0 Å². The van der Waals surface area contributed by atoms with Gasteiger partial charge in [0.25, 0.3) is 0 Å². The Morgan fingerprint density at radius 1 is 1.00 bits per heavy atom. The molecule has 160 valence electrons. The maximum absolute atomic E-state index is 5.07. The van der Waals surface area contributed by atoms with Crippen LogP contribution < -0.4 is 4.72 Å². The first-order chi connectivity index (χ1) is 13.9. The van der Waals surface area contributed by atoms with E-state index < -0.39 is 0 Å². The third-order valence-electron chi connectivity index (χ3n) is 4.11. The first-order valence-corrected chi connectivity index (χ1v) is 14.0. The second-order valence-electron chi connectivity index (χ2n) is 6.99. The van der Waals surface area contributed by atoms with Crippen LogP contribution in [-0.4, -0.2) is 57.7 Å². The lowest BCUT2D eigenvalue weighted by atomic mass is 9.96. The van der Waals surface area contributed by atoms with Gasteiger partial charge in [0, 0.05) is 34.2 Å². The largest absolute Gasteiger partial charge is 0.363 e. The molecule has 0 spiro atoms. The Kier molecular flexibility index (Phi) is 11.6. The summed E-state index contributed by atoms with van der Waals surface area (Å²) in [6, 6.07) is 9.02. The van der Waals surface area contributed by atoms with Crippen LogP contribution in [0.4, 0.5) is 0 Å². The normalized spacial score (nSPS) is 14.2. The highest BCUT2D eigenvalue weighted by atomic mass is 33.1. The Hall–Kier alpha value is -0.100. The number of benzene rings is 1. The van der Waals surface area contributed by atoms with E-state index in [1.165, 1.54) is 58.4 Å². The molecule has 0 saturated heterocycles. The monoisotopic (exact) mass is 504 g/mol. The molecular formula is C19H28N4S6. The first-order valence-electron chi connectivity index (χ1n) is 9.42. The van der Waals surface area contributed by atoms with Crippen LogP contribution in [0.2, 0.25) is 0 Å². The molecule has 0 bridgehead atoms. The molecule has 1 heterocycles. The molecule has 10 heteroatoms. The predicted molar refractivity (Wildman–Crippen MR) is 143 cm³/mol. The number of nitrogens with one attached hydrogen (secondary N) is 1. The average molecular weight is 505 g/mol. The third kappa shape index (κ3) is 9.28. The molecule has 0 radical (unpaired) electrons. The summed E-state index contributed by atoms with van der Waals surface area (Å²) < 4.78 is 7.65. The highest BCUT2D eigenvalue weighted by Gasteiger charge is 2.14. The van der Waals surface area contributed by atoms with Gasteiger partial charge >= 0.3 is 0 Å². The Balaban J connectivity index is 0.000000223. The predicted octanol–water partition coefficient (Wildman–Crippen LogP) is 6.29. The molecule has 4 nitrogen and oxygen atoms in total. The first kappa shape index (κ1) is 25.2. The highest BCUT2D eigenvalue weighted by molar-refractivity contribution is 8.89. The maximum Gasteiger partial charge on any atom is 0.166 e. The van der Waals surface area contributed by atoms with Crippen LogP contribution in [0.1, 0.15) is 32.1 Å². The number of thiazole rings is 1. The minimum Gasteiger partial charge on any atom is -0.363 e. The third-order valence-corrected chi connectivity index (χ3v) is 10.3. The van der Waals surface area contributed by atoms with Gasteiger partial charge in [-0.25, -0.2) is 4.98 Å². The zero-order valence-corrected chi connectivity index (χ0v) is 22.1. The minimum atomic E-state index is 0.681. The van der Waals surface area contributed by atoms with Gasteiger partial charge in [0.15, 0.2) is 4.34 Å². The summed E-state index contributed by atoms with van der Waals surface area (Å²) in [6.45, 7) is 0. The number of rotatable bonds is 3. The van der Waals surface area contributed by atoms with E-state index in [1.54, 1.807) is 23.3 Å². The Labute approximate surface area is 201 Å². The number of nitrogens with zero attached hydrogens (tertiary/aromatic N) is 3. The topological polar surface area (TPSA) is 31.4 Å². The number of hydrogen-bond donors (Lipinski definition) is 1. The number of hydrogen-bond acceptors (Lipinski definition) is 8. The van der Waals surface area contributed by atoms with E-state index in [0.717, 1.165) is 18.5 Å². The second-order valence-corrected chi connectivity index (χ2v) is 12.5. The molecule has 0 amide bonds. The van der Waals surface area contributed by atoms with E-state index in [4.69, 9.17) is 24.4 Å². The van der Waals surface area contributed by atoms with E-state index in [1.807, 2.05) is 44.1 Å². The Morgan fingerprint density at radius 2 is 1.59 bits per heavy atom. The molecule has 29 heavy (non-hydrogen) atoms. The fourth-order valence-electron chi connectivity index (χ4n) is 2.47. The van der Waals surface area contributed by atoms with Gasteiger partial charge in [-0.15, -0.1) is 11.3 Å². The highest BCUT2D eigenvalue weighted by Crippen LogP contribution is 2.29. The van der Waals surface area contributed by atoms with Gasteiger partial charge in [-0.3, -0.25) is 4.72 Å². The van der Waals surface area contributed by atoms with E-state index in [9.17, 15) is 0 Å². The van der Waals surface area contributed by atoms with E-state index in [0.29, 0.717) is 6.04 Å². The van der Waals surface area contributed by atoms with Crippen molar-refractivity contribution < 1.29 is 0 Å². The van der Waals surface area contributed by atoms with Crippen molar-refractivity contribution in [2.75, 3.05) is 28.2 Å². The zero-order chi connectivity index (χ0) is 21.2. The van der Waals surface area contributed by atoms with Crippen molar-refractivity contribution in [1.82, 2.24) is 19.5 Å². The van der Waals surface area contributed by atoms with Crippen molar-refractivity contribution in [3.63, 3.8) is 0 Å². The standard InChI is InChI=1S/C13H16N2S2.C6H12N2S4/c1-2-6-10(7-3-1)15-17-13-14-11-8-4-5-9-12(11)16-13;1-7(2)5(9)11-12-6(10)8(3)4/h4-5,8-10,15H,1-3,6-7H2;1-4H3. The Bertz CT molecular complexity index is 733. The summed E-state index contributed by atoms with van der Waals surface area (Å²) in [5.41, 5.74) is 1.12. The smallest absolute Gasteiger partial charge is 0.166 e. The van der Waals surface area contributed by atoms with Crippen LogP contribution in [-0.2, 0) is 0 Å². The van der Waals surface area contributed by atoms with Crippen molar-refractivity contribution >= 4 is 88.2 Å². The van der Waals surface area contributed by atoms with Crippen molar-refractivity contribution in [2.24, 2.45) is 0 Å².